The molecule has 0 unspecified atom stereocenters. The molecule has 2 rings (SSSR count). The Hall–Kier alpha value is -2.21. The van der Waals surface area contributed by atoms with E-state index in [1.807, 2.05) is 30.5 Å². The number of carbonyl (C=O) groups is 1. The maximum atomic E-state index is 12.8. The zero-order valence-corrected chi connectivity index (χ0v) is 14.3. The summed E-state index contributed by atoms with van der Waals surface area (Å²) in [5.74, 6) is 1.51. The van der Waals surface area contributed by atoms with Gasteiger partial charge in [-0.1, -0.05) is 0 Å². The van der Waals surface area contributed by atoms with Crippen LogP contribution in [0.3, 0.4) is 0 Å². The maximum absolute atomic E-state index is 12.8. The van der Waals surface area contributed by atoms with Gasteiger partial charge in [0.05, 0.1) is 19.0 Å². The molecule has 4 nitrogen and oxygen atoms in total. The highest BCUT2D eigenvalue weighted by Crippen LogP contribution is 2.16. The van der Waals surface area contributed by atoms with E-state index in [1.54, 1.807) is 12.1 Å². The van der Waals surface area contributed by atoms with Gasteiger partial charge in [-0.2, -0.15) is 11.8 Å². The lowest BCUT2D eigenvalue weighted by Crippen LogP contribution is -2.13. The summed E-state index contributed by atoms with van der Waals surface area (Å²) < 4.78 is 23.9. The number of hydrogen-bond acceptors (Lipinski definition) is 4. The third-order valence-corrected chi connectivity index (χ3v) is 3.60. The SMILES string of the molecule is CSCC(=O)Nc1ccc(OCCCOc2ccc(F)cc2)cc1. The lowest BCUT2D eigenvalue weighted by atomic mass is 10.3. The van der Waals surface area contributed by atoms with Crippen LogP contribution in [0, 0.1) is 5.82 Å². The Kier molecular flexibility index (Phi) is 7.42. The Bertz CT molecular complexity index is 632. The van der Waals surface area contributed by atoms with Gasteiger partial charge in [0, 0.05) is 12.1 Å². The fourth-order valence-electron chi connectivity index (χ4n) is 1.93. The largest absolute Gasteiger partial charge is 0.493 e. The molecule has 0 bridgehead atoms. The molecule has 0 aliphatic heterocycles. The fraction of sp³-hybridized carbons (Fsp3) is 0.278. The van der Waals surface area contributed by atoms with E-state index in [0.29, 0.717) is 31.1 Å². The summed E-state index contributed by atoms with van der Waals surface area (Å²) in [5, 5.41) is 2.81. The molecule has 0 aliphatic carbocycles. The van der Waals surface area contributed by atoms with Crippen LogP contribution in [0.25, 0.3) is 0 Å². The van der Waals surface area contributed by atoms with Gasteiger partial charge in [0.25, 0.3) is 0 Å². The second-order valence-electron chi connectivity index (χ2n) is 5.01. The number of amides is 1. The lowest BCUT2D eigenvalue weighted by Gasteiger charge is -2.09. The van der Waals surface area contributed by atoms with Gasteiger partial charge in [-0.15, -0.1) is 0 Å². The molecule has 0 heterocycles. The van der Waals surface area contributed by atoms with E-state index in [4.69, 9.17) is 9.47 Å². The highest BCUT2D eigenvalue weighted by molar-refractivity contribution is 7.99. The van der Waals surface area contributed by atoms with Crippen molar-refractivity contribution < 1.29 is 18.7 Å². The maximum Gasteiger partial charge on any atom is 0.234 e. The number of anilines is 1. The van der Waals surface area contributed by atoms with Crippen LogP contribution in [-0.4, -0.2) is 31.1 Å². The molecule has 0 aromatic heterocycles. The summed E-state index contributed by atoms with van der Waals surface area (Å²) in [5.41, 5.74) is 0.751. The molecule has 0 radical (unpaired) electrons. The molecule has 128 valence electrons. The van der Waals surface area contributed by atoms with Crippen LogP contribution in [0.1, 0.15) is 6.42 Å². The van der Waals surface area contributed by atoms with E-state index in [-0.39, 0.29) is 11.7 Å². The summed E-state index contributed by atoms with van der Waals surface area (Å²) in [6, 6.07) is 13.2. The monoisotopic (exact) mass is 349 g/mol. The zero-order chi connectivity index (χ0) is 17.2. The molecule has 1 amide bonds. The molecular weight excluding hydrogens is 329 g/mol. The Labute approximate surface area is 145 Å². The predicted octanol–water partition coefficient (Wildman–Crippen LogP) is 3.98. The van der Waals surface area contributed by atoms with Gasteiger partial charge in [0.1, 0.15) is 17.3 Å². The molecule has 0 fully saturated rings. The second-order valence-corrected chi connectivity index (χ2v) is 5.88. The Morgan fingerprint density at radius 2 is 1.54 bits per heavy atom. The van der Waals surface area contributed by atoms with Crippen molar-refractivity contribution in [3.05, 3.63) is 54.3 Å². The van der Waals surface area contributed by atoms with Crippen molar-refractivity contribution in [3.8, 4) is 11.5 Å². The van der Waals surface area contributed by atoms with Gasteiger partial charge in [0.15, 0.2) is 0 Å². The van der Waals surface area contributed by atoms with Gasteiger partial charge in [-0.3, -0.25) is 4.79 Å². The average Bonchev–Trinajstić information content (AvgIpc) is 2.58. The number of ether oxygens (including phenoxy) is 2. The minimum Gasteiger partial charge on any atom is -0.493 e. The Morgan fingerprint density at radius 1 is 1.00 bits per heavy atom. The smallest absolute Gasteiger partial charge is 0.234 e. The molecule has 0 aliphatic rings. The van der Waals surface area contributed by atoms with E-state index in [0.717, 1.165) is 11.4 Å². The highest BCUT2D eigenvalue weighted by Gasteiger charge is 2.01. The highest BCUT2D eigenvalue weighted by atomic mass is 32.2. The minimum atomic E-state index is -0.279. The van der Waals surface area contributed by atoms with Crippen molar-refractivity contribution >= 4 is 23.4 Å². The van der Waals surface area contributed by atoms with Crippen LogP contribution in [-0.2, 0) is 4.79 Å². The Morgan fingerprint density at radius 3 is 2.08 bits per heavy atom. The number of nitrogens with one attached hydrogen (secondary N) is 1. The van der Waals surface area contributed by atoms with Gasteiger partial charge in [0.2, 0.25) is 5.91 Å². The molecule has 2 aromatic rings. The van der Waals surface area contributed by atoms with Crippen LogP contribution in [0.5, 0.6) is 11.5 Å². The zero-order valence-electron chi connectivity index (χ0n) is 13.5. The van der Waals surface area contributed by atoms with E-state index in [9.17, 15) is 9.18 Å². The molecule has 0 saturated heterocycles. The van der Waals surface area contributed by atoms with Crippen LogP contribution >= 0.6 is 11.8 Å². The first kappa shape index (κ1) is 18.1. The summed E-state index contributed by atoms with van der Waals surface area (Å²) in [6.07, 6.45) is 2.60. The first-order chi connectivity index (χ1) is 11.7. The minimum absolute atomic E-state index is 0.0193. The van der Waals surface area contributed by atoms with Gasteiger partial charge in [-0.25, -0.2) is 4.39 Å². The molecule has 6 heteroatoms. The Balaban J connectivity index is 1.65. The van der Waals surface area contributed by atoms with Gasteiger partial charge < -0.3 is 14.8 Å². The van der Waals surface area contributed by atoms with Crippen LogP contribution in [0.4, 0.5) is 10.1 Å². The molecule has 0 atom stereocenters. The standard InChI is InChI=1S/C18H20FNO3S/c1-24-13-18(21)20-15-5-9-17(10-6-15)23-12-2-11-22-16-7-3-14(19)4-8-16/h3-10H,2,11-13H2,1H3,(H,20,21). The first-order valence-electron chi connectivity index (χ1n) is 7.57. The first-order valence-corrected chi connectivity index (χ1v) is 8.97. The number of hydrogen-bond donors (Lipinski definition) is 1. The van der Waals surface area contributed by atoms with Crippen molar-refractivity contribution in [2.24, 2.45) is 0 Å². The predicted molar refractivity (Wildman–Crippen MR) is 95.5 cm³/mol. The van der Waals surface area contributed by atoms with Crippen LogP contribution in [0.2, 0.25) is 0 Å². The van der Waals surface area contributed by atoms with Crippen LogP contribution < -0.4 is 14.8 Å². The topological polar surface area (TPSA) is 47.6 Å². The normalized spacial score (nSPS) is 10.2. The third-order valence-electron chi connectivity index (χ3n) is 3.05. The number of rotatable bonds is 9. The molecule has 1 N–H and O–H groups in total. The number of thioether (sulfide) groups is 1. The van der Waals surface area contributed by atoms with Crippen molar-refractivity contribution in [2.75, 3.05) is 30.5 Å². The summed E-state index contributed by atoms with van der Waals surface area (Å²) in [6.45, 7) is 1.01. The van der Waals surface area contributed by atoms with E-state index >= 15 is 0 Å². The van der Waals surface area contributed by atoms with Crippen molar-refractivity contribution in [3.63, 3.8) is 0 Å². The number of benzene rings is 2. The average molecular weight is 349 g/mol. The van der Waals surface area contributed by atoms with Crippen molar-refractivity contribution in [1.29, 1.82) is 0 Å². The number of halogens is 1. The van der Waals surface area contributed by atoms with Gasteiger partial charge in [-0.05, 0) is 54.8 Å². The van der Waals surface area contributed by atoms with Crippen molar-refractivity contribution in [2.45, 2.75) is 6.42 Å². The quantitative estimate of drug-likeness (QED) is 0.696. The summed E-state index contributed by atoms with van der Waals surface area (Å²) in [7, 11) is 0. The second kappa shape index (κ2) is 9.82. The van der Waals surface area contributed by atoms with Crippen molar-refractivity contribution in [1.82, 2.24) is 0 Å². The fourth-order valence-corrected chi connectivity index (χ4v) is 2.27. The van der Waals surface area contributed by atoms with E-state index < -0.39 is 0 Å². The van der Waals surface area contributed by atoms with E-state index in [2.05, 4.69) is 5.32 Å². The third kappa shape index (κ3) is 6.50. The number of carbonyl (C=O) groups excluding carboxylic acids is 1. The lowest BCUT2D eigenvalue weighted by molar-refractivity contribution is -0.113. The van der Waals surface area contributed by atoms with E-state index in [1.165, 1.54) is 23.9 Å². The molecule has 0 saturated carbocycles. The molecule has 2 aromatic carbocycles. The summed E-state index contributed by atoms with van der Waals surface area (Å²) in [4.78, 5) is 11.5. The molecule has 0 spiro atoms. The van der Waals surface area contributed by atoms with Crippen LogP contribution in [0.15, 0.2) is 48.5 Å². The molecular formula is C18H20FNO3S. The van der Waals surface area contributed by atoms with Gasteiger partial charge >= 0.3 is 0 Å². The molecule has 24 heavy (non-hydrogen) atoms. The summed E-state index contributed by atoms with van der Waals surface area (Å²) >= 11 is 1.48.